The summed E-state index contributed by atoms with van der Waals surface area (Å²) in [5.74, 6) is 1.07. The van der Waals surface area contributed by atoms with Crippen LogP contribution in [-0.2, 0) is 9.59 Å². The largest absolute Gasteiger partial charge is 0.352 e. The van der Waals surface area contributed by atoms with Gasteiger partial charge in [-0.05, 0) is 36.7 Å². The van der Waals surface area contributed by atoms with E-state index in [0.29, 0.717) is 30.7 Å². The Morgan fingerprint density at radius 3 is 2.57 bits per heavy atom. The zero-order chi connectivity index (χ0) is 19.7. The van der Waals surface area contributed by atoms with Gasteiger partial charge in [-0.15, -0.1) is 0 Å². The van der Waals surface area contributed by atoms with Crippen molar-refractivity contribution in [3.63, 3.8) is 0 Å². The van der Waals surface area contributed by atoms with Gasteiger partial charge in [0.1, 0.15) is 6.04 Å². The van der Waals surface area contributed by atoms with E-state index < -0.39 is 6.04 Å². The molecule has 1 aromatic rings. The number of hydrogen-bond acceptors (Lipinski definition) is 3. The number of rotatable bonds is 6. The van der Waals surface area contributed by atoms with Gasteiger partial charge in [0.05, 0.1) is 6.42 Å². The van der Waals surface area contributed by atoms with E-state index >= 15 is 0 Å². The fourth-order valence-electron chi connectivity index (χ4n) is 5.37. The number of nitrogens with zero attached hydrogens (tertiary/aromatic N) is 1. The Morgan fingerprint density at radius 2 is 1.86 bits per heavy atom. The molecule has 3 aliphatic rings. The van der Waals surface area contributed by atoms with Gasteiger partial charge in [0.2, 0.25) is 5.91 Å². The van der Waals surface area contributed by atoms with Crippen LogP contribution in [0.4, 0.5) is 4.79 Å². The lowest BCUT2D eigenvalue weighted by atomic mass is 9.53. The van der Waals surface area contributed by atoms with Crippen LogP contribution in [0.2, 0.25) is 0 Å². The maximum atomic E-state index is 12.7. The number of imide groups is 1. The average molecular weight is 383 g/mol. The number of carbonyl (C=O) groups excluding carboxylic acids is 3. The lowest BCUT2D eigenvalue weighted by molar-refractivity contribution is -0.132. The fraction of sp³-hybridized carbons (Fsp3) is 0.591. The molecule has 1 heterocycles. The molecule has 1 aliphatic heterocycles. The van der Waals surface area contributed by atoms with E-state index in [1.54, 1.807) is 0 Å². The Hall–Kier alpha value is -2.37. The number of amides is 4. The highest BCUT2D eigenvalue weighted by Gasteiger charge is 2.52. The molecule has 2 aliphatic carbocycles. The zero-order valence-corrected chi connectivity index (χ0v) is 16.4. The minimum atomic E-state index is -0.739. The maximum absolute atomic E-state index is 12.7. The van der Waals surface area contributed by atoms with E-state index in [1.807, 2.05) is 13.0 Å². The van der Waals surface area contributed by atoms with Gasteiger partial charge in [0.25, 0.3) is 5.91 Å². The number of nitrogens with one attached hydrogen (secondary N) is 2. The molecule has 6 nitrogen and oxygen atoms in total. The Bertz CT molecular complexity index is 751. The highest BCUT2D eigenvalue weighted by atomic mass is 16.2. The molecule has 3 fully saturated rings. The molecule has 150 valence electrons. The van der Waals surface area contributed by atoms with Crippen LogP contribution in [0.15, 0.2) is 30.3 Å². The van der Waals surface area contributed by atoms with Crippen LogP contribution in [0.5, 0.6) is 0 Å². The molecule has 0 spiro atoms. The first-order valence-electron chi connectivity index (χ1n) is 10.6. The molecule has 1 saturated heterocycles. The Labute approximate surface area is 166 Å². The summed E-state index contributed by atoms with van der Waals surface area (Å²) in [6.45, 7) is 2.31. The van der Waals surface area contributed by atoms with E-state index in [4.69, 9.17) is 0 Å². The molecule has 0 bridgehead atoms. The summed E-state index contributed by atoms with van der Waals surface area (Å²) in [5, 5.41) is 5.87. The molecule has 0 radical (unpaired) electrons. The van der Waals surface area contributed by atoms with Crippen LogP contribution in [0, 0.1) is 11.8 Å². The standard InChI is InChI=1S/C22H29N3O3/c1-2-12-25-21(27)17(23-22(25)28)13-18(26)24-20-16-11-7-6-10-15(16)19(20)14-8-4-3-5-9-14/h3-5,8-9,15-17,19-20H,2,6-7,10-13H2,1H3,(H,23,28)(H,24,26)/t15-,16-,17+,19-,20-/m0/s1. The molecule has 2 N–H and O–H groups in total. The van der Waals surface area contributed by atoms with Crippen molar-refractivity contribution in [3.05, 3.63) is 35.9 Å². The summed E-state index contributed by atoms with van der Waals surface area (Å²) in [5.41, 5.74) is 1.29. The molecule has 28 heavy (non-hydrogen) atoms. The SMILES string of the molecule is CCCN1C(=O)N[C@H](CC(=O)N[C@H]2[C@H]3CCCC[C@@H]3[C@@H]2c2ccccc2)C1=O. The first-order valence-corrected chi connectivity index (χ1v) is 10.6. The minimum absolute atomic E-state index is 0.0141. The Kier molecular flexibility index (Phi) is 5.38. The van der Waals surface area contributed by atoms with Gasteiger partial charge in [-0.2, -0.15) is 0 Å². The molecule has 4 rings (SSSR count). The van der Waals surface area contributed by atoms with Crippen LogP contribution < -0.4 is 10.6 Å². The van der Waals surface area contributed by atoms with E-state index in [9.17, 15) is 14.4 Å². The number of benzene rings is 1. The lowest BCUT2D eigenvalue weighted by Crippen LogP contribution is -2.59. The fourth-order valence-corrected chi connectivity index (χ4v) is 5.37. The summed E-state index contributed by atoms with van der Waals surface area (Å²) >= 11 is 0. The van der Waals surface area contributed by atoms with Crippen molar-refractivity contribution in [1.29, 1.82) is 0 Å². The lowest BCUT2D eigenvalue weighted by Gasteiger charge is -2.55. The highest BCUT2D eigenvalue weighted by molar-refractivity contribution is 6.05. The van der Waals surface area contributed by atoms with Crippen molar-refractivity contribution in [2.24, 2.45) is 11.8 Å². The van der Waals surface area contributed by atoms with Crippen molar-refractivity contribution in [1.82, 2.24) is 15.5 Å². The van der Waals surface area contributed by atoms with Crippen molar-refractivity contribution in [2.45, 2.75) is 63.5 Å². The van der Waals surface area contributed by atoms with Crippen molar-refractivity contribution in [2.75, 3.05) is 6.54 Å². The summed E-state index contributed by atoms with van der Waals surface area (Å²) in [7, 11) is 0. The van der Waals surface area contributed by atoms with Crippen molar-refractivity contribution < 1.29 is 14.4 Å². The zero-order valence-electron chi connectivity index (χ0n) is 16.4. The van der Waals surface area contributed by atoms with Gasteiger partial charge in [-0.1, -0.05) is 50.1 Å². The van der Waals surface area contributed by atoms with E-state index in [0.717, 1.165) is 6.42 Å². The summed E-state index contributed by atoms with van der Waals surface area (Å²) in [6, 6.07) is 9.43. The average Bonchev–Trinajstić information content (AvgIpc) is 2.95. The second-order valence-electron chi connectivity index (χ2n) is 8.34. The second-order valence-corrected chi connectivity index (χ2v) is 8.34. The number of fused-ring (bicyclic) bond motifs is 1. The van der Waals surface area contributed by atoms with Crippen LogP contribution in [-0.4, -0.2) is 41.4 Å². The van der Waals surface area contributed by atoms with Crippen LogP contribution in [0.25, 0.3) is 0 Å². The Morgan fingerprint density at radius 1 is 1.14 bits per heavy atom. The normalized spacial score (nSPS) is 31.8. The predicted octanol–water partition coefficient (Wildman–Crippen LogP) is 2.80. The minimum Gasteiger partial charge on any atom is -0.352 e. The van der Waals surface area contributed by atoms with E-state index in [1.165, 1.54) is 29.7 Å². The molecule has 6 heteroatoms. The van der Waals surface area contributed by atoms with Crippen LogP contribution in [0.3, 0.4) is 0 Å². The quantitative estimate of drug-likeness (QED) is 0.742. The van der Waals surface area contributed by atoms with Gasteiger partial charge >= 0.3 is 6.03 Å². The number of hydrogen-bond donors (Lipinski definition) is 2. The Balaban J connectivity index is 1.41. The van der Waals surface area contributed by atoms with E-state index in [2.05, 4.69) is 34.9 Å². The second kappa shape index (κ2) is 7.94. The van der Waals surface area contributed by atoms with Gasteiger partial charge in [0.15, 0.2) is 0 Å². The molecule has 0 unspecified atom stereocenters. The molecule has 0 aromatic heterocycles. The third kappa shape index (κ3) is 3.40. The van der Waals surface area contributed by atoms with Crippen molar-refractivity contribution in [3.8, 4) is 0 Å². The summed E-state index contributed by atoms with van der Waals surface area (Å²) in [6.07, 6.45) is 5.59. The first-order chi connectivity index (χ1) is 13.6. The predicted molar refractivity (Wildman–Crippen MR) is 106 cm³/mol. The van der Waals surface area contributed by atoms with E-state index in [-0.39, 0.29) is 30.3 Å². The van der Waals surface area contributed by atoms with Crippen LogP contribution >= 0.6 is 0 Å². The number of urea groups is 1. The maximum Gasteiger partial charge on any atom is 0.324 e. The van der Waals surface area contributed by atoms with Crippen molar-refractivity contribution >= 4 is 17.8 Å². The molecule has 5 atom stereocenters. The summed E-state index contributed by atoms with van der Waals surface area (Å²) < 4.78 is 0. The molecule has 4 amide bonds. The molecular weight excluding hydrogens is 354 g/mol. The monoisotopic (exact) mass is 383 g/mol. The third-order valence-electron chi connectivity index (χ3n) is 6.64. The topological polar surface area (TPSA) is 78.5 Å². The highest BCUT2D eigenvalue weighted by Crippen LogP contribution is 2.54. The smallest absolute Gasteiger partial charge is 0.324 e. The molecular formula is C22H29N3O3. The van der Waals surface area contributed by atoms with Gasteiger partial charge < -0.3 is 10.6 Å². The van der Waals surface area contributed by atoms with Gasteiger partial charge in [-0.25, -0.2) is 4.79 Å². The van der Waals surface area contributed by atoms with Gasteiger partial charge in [0, 0.05) is 18.5 Å². The first kappa shape index (κ1) is 19.0. The third-order valence-corrected chi connectivity index (χ3v) is 6.64. The van der Waals surface area contributed by atoms with Gasteiger partial charge in [-0.3, -0.25) is 14.5 Å². The number of carbonyl (C=O) groups is 3. The van der Waals surface area contributed by atoms with Crippen LogP contribution in [0.1, 0.15) is 56.9 Å². The molecule has 1 aromatic carbocycles. The molecule has 2 saturated carbocycles. The summed E-state index contributed by atoms with van der Waals surface area (Å²) in [4.78, 5) is 38.3.